The van der Waals surface area contributed by atoms with Crippen molar-refractivity contribution in [3.8, 4) is 6.07 Å². The number of nitrogens with zero attached hydrogens (tertiary/aromatic N) is 4. The molecule has 0 aliphatic carbocycles. The number of benzene rings is 1. The van der Waals surface area contributed by atoms with Gasteiger partial charge in [0.25, 0.3) is 11.5 Å². The van der Waals surface area contributed by atoms with Crippen molar-refractivity contribution in [3.63, 3.8) is 0 Å². The molecule has 176 valence electrons. The maximum Gasteiger partial charge on any atom is 0.270 e. The highest BCUT2D eigenvalue weighted by Crippen LogP contribution is 2.36. The van der Waals surface area contributed by atoms with Crippen molar-refractivity contribution in [2.75, 3.05) is 24.5 Å². The Hall–Kier alpha value is -2.89. The zero-order valence-electron chi connectivity index (χ0n) is 19.5. The second-order valence-electron chi connectivity index (χ2n) is 8.68. The summed E-state index contributed by atoms with van der Waals surface area (Å²) in [6.45, 7) is 4.00. The van der Waals surface area contributed by atoms with Crippen LogP contribution in [-0.4, -0.2) is 39.3 Å². The SMILES string of the molecule is Cc1c(/C=C2\SC(=S)N(CCc3ccccc3)C2=O)c(N2CCCCCC2)n(C)c(=O)c1C#N. The molecule has 4 rings (SSSR count). The van der Waals surface area contributed by atoms with Gasteiger partial charge in [-0.2, -0.15) is 5.26 Å². The molecule has 0 spiro atoms. The molecule has 34 heavy (non-hydrogen) atoms. The van der Waals surface area contributed by atoms with Crippen LogP contribution in [0.25, 0.3) is 6.08 Å². The lowest BCUT2D eigenvalue weighted by molar-refractivity contribution is -0.122. The zero-order valence-corrected chi connectivity index (χ0v) is 21.2. The monoisotopic (exact) mass is 492 g/mol. The van der Waals surface area contributed by atoms with E-state index in [-0.39, 0.29) is 17.0 Å². The quantitative estimate of drug-likeness (QED) is 0.456. The van der Waals surface area contributed by atoms with Crippen molar-refractivity contribution in [2.24, 2.45) is 7.05 Å². The lowest BCUT2D eigenvalue weighted by atomic mass is 10.0. The first-order valence-corrected chi connectivity index (χ1v) is 12.8. The van der Waals surface area contributed by atoms with Gasteiger partial charge < -0.3 is 4.90 Å². The fraction of sp³-hybridized carbons (Fsp3) is 0.385. The Morgan fingerprint density at radius 2 is 1.79 bits per heavy atom. The fourth-order valence-electron chi connectivity index (χ4n) is 4.59. The number of rotatable bonds is 5. The third kappa shape index (κ3) is 4.82. The third-order valence-electron chi connectivity index (χ3n) is 6.49. The van der Waals surface area contributed by atoms with Crippen molar-refractivity contribution < 1.29 is 4.79 Å². The molecule has 1 amide bonds. The number of pyridine rings is 1. The Bertz CT molecular complexity index is 1240. The Morgan fingerprint density at radius 3 is 2.44 bits per heavy atom. The summed E-state index contributed by atoms with van der Waals surface area (Å²) >= 11 is 6.82. The number of thioether (sulfide) groups is 1. The lowest BCUT2D eigenvalue weighted by Crippen LogP contribution is -2.34. The summed E-state index contributed by atoms with van der Waals surface area (Å²) in [5.41, 5.74) is 2.33. The molecule has 2 aromatic rings. The van der Waals surface area contributed by atoms with Crippen LogP contribution >= 0.6 is 24.0 Å². The van der Waals surface area contributed by atoms with Crippen LogP contribution in [0, 0.1) is 18.3 Å². The third-order valence-corrected chi connectivity index (χ3v) is 7.87. The summed E-state index contributed by atoms with van der Waals surface area (Å²) in [7, 11) is 1.71. The van der Waals surface area contributed by atoms with Crippen LogP contribution < -0.4 is 10.5 Å². The first-order valence-electron chi connectivity index (χ1n) is 11.6. The van der Waals surface area contributed by atoms with Crippen LogP contribution in [-0.2, 0) is 18.3 Å². The van der Waals surface area contributed by atoms with Crippen molar-refractivity contribution in [1.29, 1.82) is 5.26 Å². The number of carbonyl (C=O) groups is 1. The Kier molecular flexibility index (Phi) is 7.54. The summed E-state index contributed by atoms with van der Waals surface area (Å²) in [6.07, 6.45) is 6.97. The van der Waals surface area contributed by atoms with Gasteiger partial charge in [0.2, 0.25) is 0 Å². The molecule has 0 radical (unpaired) electrons. The number of hydrogen-bond donors (Lipinski definition) is 0. The Morgan fingerprint density at radius 1 is 1.12 bits per heavy atom. The number of nitriles is 1. The molecule has 1 aromatic carbocycles. The van der Waals surface area contributed by atoms with E-state index in [9.17, 15) is 14.9 Å². The van der Waals surface area contributed by atoms with Gasteiger partial charge in [-0.15, -0.1) is 0 Å². The first kappa shape index (κ1) is 24.2. The summed E-state index contributed by atoms with van der Waals surface area (Å²) in [5, 5.41) is 9.67. The number of carbonyl (C=O) groups excluding carboxylic acids is 1. The maximum absolute atomic E-state index is 13.3. The molecule has 2 saturated heterocycles. The van der Waals surface area contributed by atoms with Crippen molar-refractivity contribution in [2.45, 2.75) is 39.0 Å². The van der Waals surface area contributed by atoms with Gasteiger partial charge >= 0.3 is 0 Å². The lowest BCUT2D eigenvalue weighted by Gasteiger charge is -2.28. The average Bonchev–Trinajstić information content (AvgIpc) is 3.00. The highest BCUT2D eigenvalue weighted by atomic mass is 32.2. The van der Waals surface area contributed by atoms with Crippen LogP contribution in [0.2, 0.25) is 0 Å². The topological polar surface area (TPSA) is 69.3 Å². The smallest absolute Gasteiger partial charge is 0.270 e. The molecule has 0 N–H and O–H groups in total. The van der Waals surface area contributed by atoms with Crippen LogP contribution in [0.1, 0.15) is 47.9 Å². The molecule has 8 heteroatoms. The van der Waals surface area contributed by atoms with E-state index in [0.29, 0.717) is 21.3 Å². The highest BCUT2D eigenvalue weighted by Gasteiger charge is 2.33. The second kappa shape index (κ2) is 10.6. The Balaban J connectivity index is 1.72. The number of thiocarbonyl (C=S) groups is 1. The molecule has 0 atom stereocenters. The number of amides is 1. The van der Waals surface area contributed by atoms with E-state index < -0.39 is 0 Å². The predicted octanol–water partition coefficient (Wildman–Crippen LogP) is 4.39. The van der Waals surface area contributed by atoms with E-state index >= 15 is 0 Å². The average molecular weight is 493 g/mol. The van der Waals surface area contributed by atoms with Crippen LogP contribution in [0.4, 0.5) is 5.82 Å². The summed E-state index contributed by atoms with van der Waals surface area (Å²) in [6, 6.07) is 12.1. The van der Waals surface area contributed by atoms with Crippen molar-refractivity contribution in [1.82, 2.24) is 9.47 Å². The van der Waals surface area contributed by atoms with Gasteiger partial charge in [-0.05, 0) is 43.4 Å². The molecule has 0 saturated carbocycles. The molecule has 2 aliphatic heterocycles. The van der Waals surface area contributed by atoms with E-state index in [2.05, 4.69) is 11.0 Å². The molecule has 3 heterocycles. The second-order valence-corrected chi connectivity index (χ2v) is 10.4. The Labute approximate surface area is 209 Å². The minimum absolute atomic E-state index is 0.117. The van der Waals surface area contributed by atoms with Crippen molar-refractivity contribution >= 4 is 46.1 Å². The molecule has 0 bridgehead atoms. The van der Waals surface area contributed by atoms with E-state index in [1.54, 1.807) is 23.4 Å². The molecule has 1 aromatic heterocycles. The van der Waals surface area contributed by atoms with E-state index in [1.165, 1.54) is 11.8 Å². The predicted molar refractivity (Wildman–Crippen MR) is 142 cm³/mol. The van der Waals surface area contributed by atoms with Crippen molar-refractivity contribution in [3.05, 3.63) is 67.8 Å². The largest absolute Gasteiger partial charge is 0.357 e. The summed E-state index contributed by atoms with van der Waals surface area (Å²) in [5.74, 6) is 0.650. The zero-order chi connectivity index (χ0) is 24.2. The first-order chi connectivity index (χ1) is 16.4. The highest BCUT2D eigenvalue weighted by molar-refractivity contribution is 8.26. The van der Waals surface area contributed by atoms with Gasteiger partial charge in [-0.1, -0.05) is 67.2 Å². The molecule has 2 aliphatic rings. The maximum atomic E-state index is 13.3. The fourth-order valence-corrected chi connectivity index (χ4v) is 5.88. The summed E-state index contributed by atoms with van der Waals surface area (Å²) < 4.78 is 2.10. The molecule has 0 unspecified atom stereocenters. The van der Waals surface area contributed by atoms with Gasteiger partial charge in [-0.25, -0.2) is 0 Å². The van der Waals surface area contributed by atoms with E-state index in [4.69, 9.17) is 12.2 Å². The van der Waals surface area contributed by atoms with Crippen LogP contribution in [0.5, 0.6) is 0 Å². The van der Waals surface area contributed by atoms with Crippen LogP contribution in [0.3, 0.4) is 0 Å². The molecule has 6 nitrogen and oxygen atoms in total. The number of anilines is 1. The molecule has 2 fully saturated rings. The minimum atomic E-state index is -0.299. The van der Waals surface area contributed by atoms with E-state index in [1.807, 2.05) is 36.4 Å². The van der Waals surface area contributed by atoms with Gasteiger partial charge in [0.15, 0.2) is 0 Å². The van der Waals surface area contributed by atoms with Gasteiger partial charge in [-0.3, -0.25) is 19.1 Å². The van der Waals surface area contributed by atoms with Gasteiger partial charge in [0.1, 0.15) is 21.8 Å². The minimum Gasteiger partial charge on any atom is -0.357 e. The van der Waals surface area contributed by atoms with Crippen LogP contribution in [0.15, 0.2) is 40.0 Å². The normalized spacial score (nSPS) is 17.9. The molecular formula is C26H28N4O2S2. The van der Waals surface area contributed by atoms with E-state index in [0.717, 1.165) is 62.1 Å². The standard InChI is InChI=1S/C26H28N4O2S2/c1-18-20(23(28(2)24(31)21(18)17-27)29-13-8-3-4-9-14-29)16-22-25(32)30(26(33)34-22)15-12-19-10-6-5-7-11-19/h5-7,10-11,16H,3-4,8-9,12-15H2,1-2H3/b22-16-. The summed E-state index contributed by atoms with van der Waals surface area (Å²) in [4.78, 5) is 30.6. The van der Waals surface area contributed by atoms with Gasteiger partial charge in [0.05, 0.1) is 4.91 Å². The molecular weight excluding hydrogens is 464 g/mol. The van der Waals surface area contributed by atoms with Gasteiger partial charge in [0, 0.05) is 32.2 Å². The number of hydrogen-bond acceptors (Lipinski definition) is 6. The number of aromatic nitrogens is 1.